The van der Waals surface area contributed by atoms with Crippen molar-refractivity contribution in [3.8, 4) is 0 Å². The Bertz CT molecular complexity index is 902. The number of piperidine rings is 1. The number of aromatic amines is 1. The number of rotatable bonds is 5. The standard InChI is InChI=1S/C18H24N8O/c1-3-26-16(10-25-12-19-11-21-25)22-23-17(26)14-5-8-24(9-6-14)18(27)15-4-7-20-13(15)2/h4,7,11-12,14,20H,3,5-6,8-10H2,1-2H3. The number of carbonyl (C=O) groups is 1. The quantitative estimate of drug-likeness (QED) is 0.738. The Morgan fingerprint density at radius 1 is 1.30 bits per heavy atom. The summed E-state index contributed by atoms with van der Waals surface area (Å²) in [5.74, 6) is 2.33. The highest BCUT2D eigenvalue weighted by Gasteiger charge is 2.29. The van der Waals surface area contributed by atoms with Gasteiger partial charge in [0.05, 0.1) is 5.56 Å². The molecule has 1 fully saturated rings. The van der Waals surface area contributed by atoms with E-state index in [1.165, 1.54) is 6.33 Å². The van der Waals surface area contributed by atoms with E-state index in [0.717, 1.165) is 55.4 Å². The topological polar surface area (TPSA) is 97.5 Å². The maximum Gasteiger partial charge on any atom is 0.255 e. The summed E-state index contributed by atoms with van der Waals surface area (Å²) in [5, 5.41) is 13.0. The van der Waals surface area contributed by atoms with Crippen molar-refractivity contribution in [3.05, 3.63) is 47.8 Å². The van der Waals surface area contributed by atoms with Gasteiger partial charge in [-0.05, 0) is 32.8 Å². The molecule has 1 aliphatic rings. The van der Waals surface area contributed by atoms with Crippen LogP contribution in [-0.4, -0.2) is 58.4 Å². The molecule has 27 heavy (non-hydrogen) atoms. The molecule has 1 saturated heterocycles. The molecule has 1 aliphatic heterocycles. The fourth-order valence-electron chi connectivity index (χ4n) is 3.77. The molecule has 0 spiro atoms. The predicted molar refractivity (Wildman–Crippen MR) is 98.2 cm³/mol. The van der Waals surface area contributed by atoms with Crippen LogP contribution in [0.15, 0.2) is 24.9 Å². The Kier molecular flexibility index (Phi) is 4.74. The number of amides is 1. The average molecular weight is 368 g/mol. The lowest BCUT2D eigenvalue weighted by molar-refractivity contribution is 0.0709. The summed E-state index contributed by atoms with van der Waals surface area (Å²) in [7, 11) is 0. The molecule has 9 nitrogen and oxygen atoms in total. The number of aromatic nitrogens is 7. The zero-order valence-electron chi connectivity index (χ0n) is 15.7. The van der Waals surface area contributed by atoms with Crippen molar-refractivity contribution in [3.63, 3.8) is 0 Å². The molecule has 4 rings (SSSR count). The van der Waals surface area contributed by atoms with Crippen molar-refractivity contribution in [2.75, 3.05) is 13.1 Å². The molecule has 1 amide bonds. The molecule has 0 atom stereocenters. The highest BCUT2D eigenvalue weighted by Crippen LogP contribution is 2.28. The third-order valence-corrected chi connectivity index (χ3v) is 5.27. The molecule has 0 aromatic carbocycles. The molecule has 4 heterocycles. The number of aryl methyl sites for hydroxylation is 1. The summed E-state index contributed by atoms with van der Waals surface area (Å²) in [6, 6.07) is 1.86. The first-order chi connectivity index (χ1) is 13.2. The van der Waals surface area contributed by atoms with Gasteiger partial charge in [-0.3, -0.25) is 4.79 Å². The van der Waals surface area contributed by atoms with Crippen LogP contribution in [0.25, 0.3) is 0 Å². The Morgan fingerprint density at radius 2 is 2.11 bits per heavy atom. The summed E-state index contributed by atoms with van der Waals surface area (Å²) >= 11 is 0. The predicted octanol–water partition coefficient (Wildman–Crippen LogP) is 1.59. The van der Waals surface area contributed by atoms with Gasteiger partial charge >= 0.3 is 0 Å². The highest BCUT2D eigenvalue weighted by atomic mass is 16.2. The third kappa shape index (κ3) is 3.36. The van der Waals surface area contributed by atoms with Crippen LogP contribution in [0.4, 0.5) is 0 Å². The van der Waals surface area contributed by atoms with E-state index < -0.39 is 0 Å². The van der Waals surface area contributed by atoms with E-state index in [9.17, 15) is 4.79 Å². The monoisotopic (exact) mass is 368 g/mol. The zero-order chi connectivity index (χ0) is 18.8. The number of carbonyl (C=O) groups excluding carboxylic acids is 1. The normalized spacial score (nSPS) is 15.4. The van der Waals surface area contributed by atoms with Crippen molar-refractivity contribution in [2.24, 2.45) is 0 Å². The van der Waals surface area contributed by atoms with Gasteiger partial charge in [0.1, 0.15) is 25.0 Å². The molecular formula is C18H24N8O. The van der Waals surface area contributed by atoms with Gasteiger partial charge in [-0.15, -0.1) is 10.2 Å². The van der Waals surface area contributed by atoms with E-state index in [4.69, 9.17) is 0 Å². The smallest absolute Gasteiger partial charge is 0.255 e. The fourth-order valence-corrected chi connectivity index (χ4v) is 3.77. The van der Waals surface area contributed by atoms with E-state index in [-0.39, 0.29) is 5.91 Å². The molecule has 0 saturated carbocycles. The molecule has 0 unspecified atom stereocenters. The van der Waals surface area contributed by atoms with Crippen molar-refractivity contribution in [1.29, 1.82) is 0 Å². The molecule has 3 aromatic rings. The van der Waals surface area contributed by atoms with Crippen LogP contribution in [0.5, 0.6) is 0 Å². The summed E-state index contributed by atoms with van der Waals surface area (Å²) in [6.07, 6.45) is 6.82. The number of nitrogens with zero attached hydrogens (tertiary/aromatic N) is 7. The number of hydrogen-bond acceptors (Lipinski definition) is 5. The number of hydrogen-bond donors (Lipinski definition) is 1. The van der Waals surface area contributed by atoms with Crippen molar-refractivity contribution < 1.29 is 4.79 Å². The van der Waals surface area contributed by atoms with Crippen LogP contribution < -0.4 is 0 Å². The maximum absolute atomic E-state index is 12.7. The first-order valence-electron chi connectivity index (χ1n) is 9.35. The SMILES string of the molecule is CCn1c(Cn2cncn2)nnc1C1CCN(C(=O)c2cc[nH]c2C)CC1. The molecule has 3 aromatic heterocycles. The molecule has 1 N–H and O–H groups in total. The molecular weight excluding hydrogens is 344 g/mol. The van der Waals surface area contributed by atoms with Gasteiger partial charge in [0, 0.05) is 37.4 Å². The minimum atomic E-state index is 0.107. The summed E-state index contributed by atoms with van der Waals surface area (Å²) in [6.45, 7) is 6.89. The summed E-state index contributed by atoms with van der Waals surface area (Å²) in [4.78, 5) is 21.7. The van der Waals surface area contributed by atoms with Gasteiger partial charge in [0.25, 0.3) is 5.91 Å². The summed E-state index contributed by atoms with van der Waals surface area (Å²) in [5.41, 5.74) is 1.69. The lowest BCUT2D eigenvalue weighted by Gasteiger charge is -2.31. The van der Waals surface area contributed by atoms with Crippen LogP contribution in [0.2, 0.25) is 0 Å². The zero-order valence-corrected chi connectivity index (χ0v) is 15.7. The number of nitrogens with one attached hydrogen (secondary N) is 1. The first-order valence-corrected chi connectivity index (χ1v) is 9.35. The maximum atomic E-state index is 12.7. The minimum absolute atomic E-state index is 0.107. The second-order valence-electron chi connectivity index (χ2n) is 6.89. The summed E-state index contributed by atoms with van der Waals surface area (Å²) < 4.78 is 3.92. The molecule has 142 valence electrons. The van der Waals surface area contributed by atoms with Crippen molar-refractivity contribution in [1.82, 2.24) is 39.4 Å². The van der Waals surface area contributed by atoms with Crippen LogP contribution in [0.1, 0.15) is 53.4 Å². The van der Waals surface area contributed by atoms with Crippen molar-refractivity contribution >= 4 is 5.91 Å². The van der Waals surface area contributed by atoms with Gasteiger partial charge in [0.2, 0.25) is 0 Å². The Balaban J connectivity index is 1.44. The molecule has 0 aliphatic carbocycles. The number of likely N-dealkylation sites (tertiary alicyclic amines) is 1. The second-order valence-corrected chi connectivity index (χ2v) is 6.89. The second kappa shape index (κ2) is 7.34. The highest BCUT2D eigenvalue weighted by molar-refractivity contribution is 5.95. The van der Waals surface area contributed by atoms with Crippen molar-refractivity contribution in [2.45, 2.75) is 45.7 Å². The average Bonchev–Trinajstić information content (AvgIpc) is 3.43. The van der Waals surface area contributed by atoms with Gasteiger partial charge in [-0.25, -0.2) is 9.67 Å². The Hall–Kier alpha value is -2.97. The largest absolute Gasteiger partial charge is 0.365 e. The van der Waals surface area contributed by atoms with Crippen LogP contribution in [0, 0.1) is 6.92 Å². The van der Waals surface area contributed by atoms with Gasteiger partial charge < -0.3 is 14.5 Å². The molecule has 0 radical (unpaired) electrons. The van der Waals surface area contributed by atoms with E-state index in [0.29, 0.717) is 12.5 Å². The van der Waals surface area contributed by atoms with Gasteiger partial charge in [-0.2, -0.15) is 5.10 Å². The van der Waals surface area contributed by atoms with E-state index in [2.05, 4.69) is 36.8 Å². The van der Waals surface area contributed by atoms with Crippen LogP contribution in [-0.2, 0) is 13.1 Å². The third-order valence-electron chi connectivity index (χ3n) is 5.27. The van der Waals surface area contributed by atoms with E-state index in [1.807, 2.05) is 24.1 Å². The van der Waals surface area contributed by atoms with Crippen LogP contribution >= 0.6 is 0 Å². The lowest BCUT2D eigenvalue weighted by atomic mass is 9.95. The number of H-pyrrole nitrogens is 1. The van der Waals surface area contributed by atoms with Gasteiger partial charge in [-0.1, -0.05) is 0 Å². The molecule has 9 heteroatoms. The minimum Gasteiger partial charge on any atom is -0.365 e. The Morgan fingerprint density at radius 3 is 2.74 bits per heavy atom. The first kappa shape index (κ1) is 17.4. The van der Waals surface area contributed by atoms with E-state index in [1.54, 1.807) is 11.0 Å². The van der Waals surface area contributed by atoms with E-state index >= 15 is 0 Å². The van der Waals surface area contributed by atoms with Crippen LogP contribution in [0.3, 0.4) is 0 Å². The lowest BCUT2D eigenvalue weighted by Crippen LogP contribution is -2.38. The van der Waals surface area contributed by atoms with Gasteiger partial charge in [0.15, 0.2) is 5.82 Å². The fraction of sp³-hybridized carbons (Fsp3) is 0.500. The Labute approximate surface area is 157 Å². The molecule has 0 bridgehead atoms.